The molecule has 1 aromatic heterocycles. The van der Waals surface area contributed by atoms with Crippen molar-refractivity contribution in [3.8, 4) is 0 Å². The van der Waals surface area contributed by atoms with E-state index >= 15 is 0 Å². The number of aromatic amines is 2. The number of rotatable bonds is 2. The molecule has 0 spiro atoms. The van der Waals surface area contributed by atoms with E-state index in [1.807, 2.05) is 0 Å². The number of carbonyl (C=O) groups is 1. The van der Waals surface area contributed by atoms with Gasteiger partial charge in [-0.1, -0.05) is 0 Å². The molecule has 2 heterocycles. The van der Waals surface area contributed by atoms with Gasteiger partial charge in [-0.15, -0.1) is 0 Å². The van der Waals surface area contributed by atoms with Crippen molar-refractivity contribution < 1.29 is 9.18 Å². The van der Waals surface area contributed by atoms with E-state index in [0.717, 1.165) is 0 Å². The third-order valence-corrected chi connectivity index (χ3v) is 3.20. The Labute approximate surface area is 98.0 Å². The number of hydrogen-bond donors (Lipinski definition) is 2. The predicted molar refractivity (Wildman–Crippen MR) is 60.6 cm³/mol. The molecule has 1 aliphatic heterocycles. The Balaban J connectivity index is 2.00. The SMILES string of the molecule is Cc1[nH][nH]c(=O)c1CC(=O)N1CCC(F)CC1. The molecule has 0 aliphatic carbocycles. The van der Waals surface area contributed by atoms with Gasteiger partial charge in [-0.3, -0.25) is 14.7 Å². The fraction of sp³-hybridized carbons (Fsp3) is 0.636. The van der Waals surface area contributed by atoms with Crippen LogP contribution in [0, 0.1) is 6.92 Å². The van der Waals surface area contributed by atoms with Crippen LogP contribution in [0.3, 0.4) is 0 Å². The molecule has 0 atom stereocenters. The fourth-order valence-electron chi connectivity index (χ4n) is 2.04. The van der Waals surface area contributed by atoms with Gasteiger partial charge in [0, 0.05) is 24.3 Å². The highest BCUT2D eigenvalue weighted by molar-refractivity contribution is 5.79. The van der Waals surface area contributed by atoms with Crippen molar-refractivity contribution in [3.05, 3.63) is 21.6 Å². The van der Waals surface area contributed by atoms with E-state index in [-0.39, 0.29) is 17.9 Å². The second-order valence-corrected chi connectivity index (χ2v) is 4.41. The number of carbonyl (C=O) groups excluding carboxylic acids is 1. The summed E-state index contributed by atoms with van der Waals surface area (Å²) >= 11 is 0. The summed E-state index contributed by atoms with van der Waals surface area (Å²) in [7, 11) is 0. The van der Waals surface area contributed by atoms with Crippen LogP contribution in [0.4, 0.5) is 4.39 Å². The minimum atomic E-state index is -0.795. The summed E-state index contributed by atoms with van der Waals surface area (Å²) in [6.07, 6.45) is 0.0841. The third kappa shape index (κ3) is 2.57. The van der Waals surface area contributed by atoms with E-state index in [0.29, 0.717) is 37.2 Å². The second-order valence-electron chi connectivity index (χ2n) is 4.41. The summed E-state index contributed by atoms with van der Waals surface area (Å²) in [5, 5.41) is 5.12. The van der Waals surface area contributed by atoms with E-state index < -0.39 is 6.17 Å². The molecule has 94 valence electrons. The van der Waals surface area contributed by atoms with Gasteiger partial charge in [0.05, 0.1) is 6.42 Å². The predicted octanol–water partition coefficient (Wildman–Crippen LogP) is 0.514. The highest BCUT2D eigenvalue weighted by Crippen LogP contribution is 2.14. The first-order chi connectivity index (χ1) is 8.08. The lowest BCUT2D eigenvalue weighted by Crippen LogP contribution is -2.40. The quantitative estimate of drug-likeness (QED) is 0.792. The third-order valence-electron chi connectivity index (χ3n) is 3.20. The van der Waals surface area contributed by atoms with Crippen LogP contribution >= 0.6 is 0 Å². The number of halogens is 1. The first-order valence-corrected chi connectivity index (χ1v) is 5.76. The van der Waals surface area contributed by atoms with Crippen LogP contribution in [-0.4, -0.2) is 40.3 Å². The standard InChI is InChI=1S/C11H16FN3O2/c1-7-9(11(17)14-13-7)6-10(16)15-4-2-8(12)3-5-15/h8H,2-6H2,1H3,(H2,13,14,17). The molecule has 1 amide bonds. The van der Waals surface area contributed by atoms with Crippen LogP contribution < -0.4 is 5.56 Å². The molecule has 17 heavy (non-hydrogen) atoms. The Kier molecular flexibility index (Phi) is 3.31. The lowest BCUT2D eigenvalue weighted by Gasteiger charge is -2.28. The number of nitrogens with one attached hydrogen (secondary N) is 2. The molecule has 1 saturated heterocycles. The number of hydrogen-bond acceptors (Lipinski definition) is 2. The average molecular weight is 241 g/mol. The molecule has 2 rings (SSSR count). The molecule has 5 nitrogen and oxygen atoms in total. The van der Waals surface area contributed by atoms with Crippen molar-refractivity contribution in [1.29, 1.82) is 0 Å². The van der Waals surface area contributed by atoms with Gasteiger partial charge in [-0.25, -0.2) is 4.39 Å². The van der Waals surface area contributed by atoms with Crippen LogP contribution in [-0.2, 0) is 11.2 Å². The molecule has 1 aliphatic rings. The number of piperidine rings is 1. The zero-order chi connectivity index (χ0) is 12.4. The van der Waals surface area contributed by atoms with Gasteiger partial charge in [0.25, 0.3) is 5.56 Å². The number of aromatic nitrogens is 2. The highest BCUT2D eigenvalue weighted by Gasteiger charge is 2.23. The van der Waals surface area contributed by atoms with Crippen molar-refractivity contribution in [1.82, 2.24) is 15.1 Å². The normalized spacial score (nSPS) is 17.4. The van der Waals surface area contributed by atoms with Crippen LogP contribution in [0.1, 0.15) is 24.1 Å². The van der Waals surface area contributed by atoms with Gasteiger partial charge in [0.15, 0.2) is 0 Å². The van der Waals surface area contributed by atoms with E-state index in [2.05, 4.69) is 10.2 Å². The number of likely N-dealkylation sites (tertiary alicyclic amines) is 1. The minimum absolute atomic E-state index is 0.0849. The summed E-state index contributed by atoms with van der Waals surface area (Å²) < 4.78 is 12.9. The lowest BCUT2D eigenvalue weighted by atomic mass is 10.1. The van der Waals surface area contributed by atoms with Crippen molar-refractivity contribution >= 4 is 5.91 Å². The van der Waals surface area contributed by atoms with Gasteiger partial charge in [-0.2, -0.15) is 0 Å². The summed E-state index contributed by atoms with van der Waals surface area (Å²) in [6.45, 7) is 2.64. The molecule has 1 aromatic rings. The summed E-state index contributed by atoms with van der Waals surface area (Å²) in [4.78, 5) is 24.9. The van der Waals surface area contributed by atoms with E-state index in [1.165, 1.54) is 0 Å². The zero-order valence-electron chi connectivity index (χ0n) is 9.75. The molecule has 2 N–H and O–H groups in total. The van der Waals surface area contributed by atoms with Gasteiger partial charge in [-0.05, 0) is 19.8 Å². The highest BCUT2D eigenvalue weighted by atomic mass is 19.1. The molecule has 6 heteroatoms. The fourth-order valence-corrected chi connectivity index (χ4v) is 2.04. The maximum atomic E-state index is 12.9. The second kappa shape index (κ2) is 4.73. The van der Waals surface area contributed by atoms with Crippen LogP contribution in [0.25, 0.3) is 0 Å². The molecule has 0 saturated carbocycles. The molecule has 0 bridgehead atoms. The maximum absolute atomic E-state index is 12.9. The molecule has 1 fully saturated rings. The van der Waals surface area contributed by atoms with Gasteiger partial charge >= 0.3 is 0 Å². The molecule has 0 radical (unpaired) electrons. The van der Waals surface area contributed by atoms with Gasteiger partial charge in [0.2, 0.25) is 5.91 Å². The number of amides is 1. The number of H-pyrrole nitrogens is 2. The first kappa shape index (κ1) is 11.9. The van der Waals surface area contributed by atoms with Crippen LogP contribution in [0.5, 0.6) is 0 Å². The Morgan fingerprint density at radius 1 is 1.41 bits per heavy atom. The number of alkyl halides is 1. The summed E-state index contributed by atoms with van der Waals surface area (Å²) in [5.41, 5.74) is 0.900. The van der Waals surface area contributed by atoms with Crippen LogP contribution in [0.15, 0.2) is 4.79 Å². The average Bonchev–Trinajstić information content (AvgIpc) is 2.61. The number of nitrogens with zero attached hydrogens (tertiary/aromatic N) is 1. The summed E-state index contributed by atoms with van der Waals surface area (Å²) in [5.74, 6) is -0.106. The number of aryl methyl sites for hydroxylation is 1. The Morgan fingerprint density at radius 2 is 2.06 bits per heavy atom. The van der Waals surface area contributed by atoms with Gasteiger partial charge < -0.3 is 10.00 Å². The monoisotopic (exact) mass is 241 g/mol. The molecular weight excluding hydrogens is 225 g/mol. The largest absolute Gasteiger partial charge is 0.342 e. The smallest absolute Gasteiger partial charge is 0.267 e. The Morgan fingerprint density at radius 3 is 2.59 bits per heavy atom. The topological polar surface area (TPSA) is 69.0 Å². The molecular formula is C11H16FN3O2. The van der Waals surface area contributed by atoms with Crippen molar-refractivity contribution in [2.45, 2.75) is 32.4 Å². The van der Waals surface area contributed by atoms with Gasteiger partial charge in [0.1, 0.15) is 6.17 Å². The lowest BCUT2D eigenvalue weighted by molar-refractivity contribution is -0.131. The first-order valence-electron chi connectivity index (χ1n) is 5.76. The van der Waals surface area contributed by atoms with Crippen molar-refractivity contribution in [2.24, 2.45) is 0 Å². The summed E-state index contributed by atoms with van der Waals surface area (Å²) in [6, 6.07) is 0. The zero-order valence-corrected chi connectivity index (χ0v) is 9.75. The van der Waals surface area contributed by atoms with Crippen molar-refractivity contribution in [2.75, 3.05) is 13.1 Å². The van der Waals surface area contributed by atoms with E-state index in [4.69, 9.17) is 0 Å². The minimum Gasteiger partial charge on any atom is -0.342 e. The molecule has 0 aromatic carbocycles. The van der Waals surface area contributed by atoms with Crippen molar-refractivity contribution in [3.63, 3.8) is 0 Å². The van der Waals surface area contributed by atoms with Crippen LogP contribution in [0.2, 0.25) is 0 Å². The Bertz CT molecular complexity index is 458. The maximum Gasteiger partial charge on any atom is 0.267 e. The van der Waals surface area contributed by atoms with E-state index in [9.17, 15) is 14.0 Å². The van der Waals surface area contributed by atoms with E-state index in [1.54, 1.807) is 11.8 Å². The Hall–Kier alpha value is -1.59. The molecule has 0 unspecified atom stereocenters.